The Bertz CT molecular complexity index is 755. The van der Waals surface area contributed by atoms with Crippen LogP contribution in [0.1, 0.15) is 0 Å². The number of nitro benzene ring substituents is 1. The molecule has 1 fully saturated rings. The number of anilines is 1. The summed E-state index contributed by atoms with van der Waals surface area (Å²) in [6.07, 6.45) is 0. The van der Waals surface area contributed by atoms with Crippen molar-refractivity contribution in [2.75, 3.05) is 24.2 Å². The minimum atomic E-state index is -1.05. The molecule has 1 saturated heterocycles. The number of nitrogens with zero attached hydrogens (tertiary/aromatic N) is 2. The standard InChI is InChI=1S/C13H11ClN4O6S/c14-8-2-1-7(5-9(8)18(23)24)16-12(21)11(20)15-3-4-17-10(19)6-25-13(17)22/h1-2,5H,3-4,6H2,(H,15,20)(H,16,21). The lowest BCUT2D eigenvalue weighted by Gasteiger charge is -2.13. The van der Waals surface area contributed by atoms with E-state index in [2.05, 4.69) is 10.6 Å². The number of nitrogens with one attached hydrogen (secondary N) is 2. The van der Waals surface area contributed by atoms with E-state index in [1.807, 2.05) is 0 Å². The predicted octanol–water partition coefficient (Wildman–Crippen LogP) is 0.998. The third kappa shape index (κ3) is 4.67. The van der Waals surface area contributed by atoms with Crippen LogP contribution in [0.25, 0.3) is 0 Å². The van der Waals surface area contributed by atoms with Gasteiger partial charge < -0.3 is 10.6 Å². The highest BCUT2D eigenvalue weighted by atomic mass is 35.5. The fraction of sp³-hybridized carbons (Fsp3) is 0.231. The summed E-state index contributed by atoms with van der Waals surface area (Å²) in [5.41, 5.74) is -0.388. The summed E-state index contributed by atoms with van der Waals surface area (Å²) >= 11 is 6.51. The maximum absolute atomic E-state index is 11.8. The summed E-state index contributed by atoms with van der Waals surface area (Å²) in [4.78, 5) is 57.2. The quantitative estimate of drug-likeness (QED) is 0.437. The number of hydrogen-bond donors (Lipinski definition) is 2. The van der Waals surface area contributed by atoms with E-state index in [0.29, 0.717) is 0 Å². The Morgan fingerprint density at radius 2 is 2.04 bits per heavy atom. The van der Waals surface area contributed by atoms with E-state index < -0.39 is 27.7 Å². The van der Waals surface area contributed by atoms with Crippen LogP contribution in [-0.4, -0.2) is 51.6 Å². The second-order valence-corrected chi connectivity index (χ2v) is 6.07. The lowest BCUT2D eigenvalue weighted by atomic mass is 10.2. The highest BCUT2D eigenvalue weighted by Crippen LogP contribution is 2.27. The number of imide groups is 1. The highest BCUT2D eigenvalue weighted by Gasteiger charge is 2.29. The summed E-state index contributed by atoms with van der Waals surface area (Å²) < 4.78 is 0. The van der Waals surface area contributed by atoms with Crippen LogP contribution in [0.4, 0.5) is 16.2 Å². The van der Waals surface area contributed by atoms with Crippen molar-refractivity contribution >= 4 is 57.7 Å². The zero-order valence-corrected chi connectivity index (χ0v) is 14.1. The average molecular weight is 387 g/mol. The fourth-order valence-corrected chi connectivity index (χ4v) is 2.82. The van der Waals surface area contributed by atoms with Crippen molar-refractivity contribution < 1.29 is 24.1 Å². The lowest BCUT2D eigenvalue weighted by Crippen LogP contribution is -2.41. The van der Waals surface area contributed by atoms with Gasteiger partial charge in [-0.25, -0.2) is 0 Å². The van der Waals surface area contributed by atoms with Crippen molar-refractivity contribution in [3.05, 3.63) is 33.3 Å². The van der Waals surface area contributed by atoms with Gasteiger partial charge in [0.25, 0.3) is 10.9 Å². The molecule has 0 aliphatic carbocycles. The molecular weight excluding hydrogens is 376 g/mol. The molecule has 2 rings (SSSR count). The Labute approximate surface area is 150 Å². The van der Waals surface area contributed by atoms with Gasteiger partial charge in [0.1, 0.15) is 5.02 Å². The molecule has 1 aliphatic heterocycles. The number of hydrogen-bond acceptors (Lipinski definition) is 7. The largest absolute Gasteiger partial charge is 0.346 e. The predicted molar refractivity (Wildman–Crippen MR) is 89.3 cm³/mol. The topological polar surface area (TPSA) is 139 Å². The van der Waals surface area contributed by atoms with Gasteiger partial charge in [-0.3, -0.25) is 34.2 Å². The number of benzene rings is 1. The molecule has 0 aromatic heterocycles. The van der Waals surface area contributed by atoms with Crippen LogP contribution in [-0.2, 0) is 14.4 Å². The molecule has 0 spiro atoms. The Hall–Kier alpha value is -2.66. The maximum Gasteiger partial charge on any atom is 0.313 e. The second-order valence-electron chi connectivity index (χ2n) is 4.73. The van der Waals surface area contributed by atoms with Gasteiger partial charge in [0.05, 0.1) is 10.7 Å². The van der Waals surface area contributed by atoms with E-state index in [4.69, 9.17) is 11.6 Å². The first-order valence-electron chi connectivity index (χ1n) is 6.80. The van der Waals surface area contributed by atoms with E-state index in [0.717, 1.165) is 22.7 Å². The van der Waals surface area contributed by atoms with Gasteiger partial charge in [-0.05, 0) is 12.1 Å². The molecule has 12 heteroatoms. The zero-order chi connectivity index (χ0) is 18.6. The Morgan fingerprint density at radius 1 is 1.32 bits per heavy atom. The third-order valence-electron chi connectivity index (χ3n) is 3.07. The first kappa shape index (κ1) is 18.7. The number of carbonyl (C=O) groups is 4. The fourth-order valence-electron chi connectivity index (χ4n) is 1.88. The summed E-state index contributed by atoms with van der Waals surface area (Å²) in [6, 6.07) is 3.54. The number of carbonyl (C=O) groups excluding carboxylic acids is 4. The number of amides is 4. The maximum atomic E-state index is 11.8. The van der Waals surface area contributed by atoms with Crippen LogP contribution >= 0.6 is 23.4 Å². The van der Waals surface area contributed by atoms with Crippen molar-refractivity contribution in [1.29, 1.82) is 0 Å². The molecular formula is C13H11ClN4O6S. The number of halogens is 1. The molecule has 132 valence electrons. The molecule has 4 amide bonds. The average Bonchev–Trinajstić information content (AvgIpc) is 2.88. The summed E-state index contributed by atoms with van der Waals surface area (Å²) in [5, 5.41) is 14.7. The van der Waals surface area contributed by atoms with Crippen LogP contribution in [0.15, 0.2) is 18.2 Å². The van der Waals surface area contributed by atoms with Gasteiger partial charge in [-0.2, -0.15) is 0 Å². The van der Waals surface area contributed by atoms with Gasteiger partial charge in [0, 0.05) is 24.8 Å². The highest BCUT2D eigenvalue weighted by molar-refractivity contribution is 8.14. The molecule has 1 aromatic carbocycles. The molecule has 1 aliphatic rings. The molecule has 1 aromatic rings. The van der Waals surface area contributed by atoms with E-state index >= 15 is 0 Å². The van der Waals surface area contributed by atoms with Crippen LogP contribution < -0.4 is 10.6 Å². The van der Waals surface area contributed by atoms with Crippen LogP contribution in [0.3, 0.4) is 0 Å². The van der Waals surface area contributed by atoms with Gasteiger partial charge in [-0.15, -0.1) is 0 Å². The van der Waals surface area contributed by atoms with E-state index in [1.54, 1.807) is 0 Å². The van der Waals surface area contributed by atoms with Gasteiger partial charge in [-0.1, -0.05) is 23.4 Å². The van der Waals surface area contributed by atoms with Crippen LogP contribution in [0.2, 0.25) is 5.02 Å². The van der Waals surface area contributed by atoms with Crippen LogP contribution in [0.5, 0.6) is 0 Å². The number of rotatable bonds is 5. The van der Waals surface area contributed by atoms with E-state index in [-0.39, 0.29) is 35.5 Å². The van der Waals surface area contributed by atoms with Gasteiger partial charge in [0.2, 0.25) is 5.91 Å². The van der Waals surface area contributed by atoms with E-state index in [1.165, 1.54) is 12.1 Å². The Morgan fingerprint density at radius 3 is 2.64 bits per heavy atom. The summed E-state index contributed by atoms with van der Waals surface area (Å²) in [6.45, 7) is -0.138. The van der Waals surface area contributed by atoms with Crippen LogP contribution in [0, 0.1) is 10.1 Å². The molecule has 0 radical (unpaired) electrons. The smallest absolute Gasteiger partial charge is 0.313 e. The first-order valence-corrected chi connectivity index (χ1v) is 8.16. The normalized spacial score (nSPS) is 13.7. The van der Waals surface area contributed by atoms with Crippen molar-refractivity contribution in [2.24, 2.45) is 0 Å². The molecule has 1 heterocycles. The Kier molecular flexibility index (Phi) is 5.93. The van der Waals surface area contributed by atoms with Crippen molar-refractivity contribution in [3.8, 4) is 0 Å². The Balaban J connectivity index is 1.87. The molecule has 0 bridgehead atoms. The number of nitro groups is 1. The first-order chi connectivity index (χ1) is 11.8. The number of thioether (sulfide) groups is 1. The monoisotopic (exact) mass is 386 g/mol. The minimum absolute atomic E-state index is 0.0255. The van der Waals surface area contributed by atoms with Crippen molar-refractivity contribution in [3.63, 3.8) is 0 Å². The minimum Gasteiger partial charge on any atom is -0.346 e. The third-order valence-corrected chi connectivity index (χ3v) is 4.25. The molecule has 2 N–H and O–H groups in total. The lowest BCUT2D eigenvalue weighted by molar-refractivity contribution is -0.384. The van der Waals surface area contributed by atoms with Crippen molar-refractivity contribution in [1.82, 2.24) is 10.2 Å². The molecule has 0 atom stereocenters. The summed E-state index contributed by atoms with van der Waals surface area (Å²) in [7, 11) is 0. The molecule has 0 saturated carbocycles. The van der Waals surface area contributed by atoms with Gasteiger partial charge in [0.15, 0.2) is 0 Å². The SMILES string of the molecule is O=C(NCCN1C(=O)CSC1=O)C(=O)Nc1ccc(Cl)c([N+](=O)[O-])c1. The molecule has 25 heavy (non-hydrogen) atoms. The zero-order valence-electron chi connectivity index (χ0n) is 12.5. The van der Waals surface area contributed by atoms with E-state index in [9.17, 15) is 29.3 Å². The summed E-state index contributed by atoms with van der Waals surface area (Å²) in [5.74, 6) is -2.36. The second kappa shape index (κ2) is 7.94. The van der Waals surface area contributed by atoms with Crippen molar-refractivity contribution in [2.45, 2.75) is 0 Å². The molecule has 0 unspecified atom stereocenters. The van der Waals surface area contributed by atoms with Gasteiger partial charge >= 0.3 is 11.8 Å². The molecule has 10 nitrogen and oxygen atoms in total.